The van der Waals surface area contributed by atoms with E-state index in [1.165, 1.54) is 25.1 Å². The third-order valence-electron chi connectivity index (χ3n) is 5.22. The Morgan fingerprint density at radius 3 is 2.52 bits per heavy atom. The van der Waals surface area contributed by atoms with Crippen LogP contribution < -0.4 is 15.6 Å². The van der Waals surface area contributed by atoms with Crippen molar-refractivity contribution in [1.29, 1.82) is 0 Å². The van der Waals surface area contributed by atoms with Crippen LogP contribution >= 0.6 is 23.2 Å². The Morgan fingerprint density at radius 1 is 1.21 bits per heavy atom. The van der Waals surface area contributed by atoms with Crippen LogP contribution in [0.5, 0.6) is 5.75 Å². The highest BCUT2D eigenvalue weighted by Crippen LogP contribution is 2.30. The van der Waals surface area contributed by atoms with Crippen LogP contribution in [0.3, 0.4) is 0 Å². The lowest BCUT2D eigenvalue weighted by Crippen LogP contribution is -2.44. The van der Waals surface area contributed by atoms with Gasteiger partial charge in [-0.15, -0.1) is 0 Å². The zero-order valence-electron chi connectivity index (χ0n) is 18.4. The molecule has 33 heavy (non-hydrogen) atoms. The van der Waals surface area contributed by atoms with Gasteiger partial charge >= 0.3 is 5.97 Å². The van der Waals surface area contributed by atoms with Crippen molar-refractivity contribution in [2.45, 2.75) is 25.3 Å². The molecule has 1 heterocycles. The van der Waals surface area contributed by atoms with Crippen molar-refractivity contribution < 1.29 is 19.1 Å². The number of carbonyl (C=O) groups excluding carboxylic acids is 2. The maximum Gasteiger partial charge on any atom is 0.328 e. The third kappa shape index (κ3) is 5.46. The van der Waals surface area contributed by atoms with E-state index in [4.69, 9.17) is 32.7 Å². The van der Waals surface area contributed by atoms with Gasteiger partial charge in [-0.1, -0.05) is 53.5 Å². The predicted molar refractivity (Wildman–Crippen MR) is 125 cm³/mol. The molecule has 0 spiro atoms. The van der Waals surface area contributed by atoms with E-state index in [1.54, 1.807) is 37.4 Å². The van der Waals surface area contributed by atoms with E-state index in [-0.39, 0.29) is 22.6 Å². The number of rotatable bonds is 7. The summed E-state index contributed by atoms with van der Waals surface area (Å²) >= 11 is 12.3. The van der Waals surface area contributed by atoms with Crippen molar-refractivity contribution in [3.05, 3.63) is 68.1 Å². The van der Waals surface area contributed by atoms with E-state index in [0.717, 1.165) is 5.56 Å². The molecule has 1 aromatic heterocycles. The molecule has 2 aromatic rings. The molecule has 174 valence electrons. The monoisotopic (exact) mass is 491 g/mol. The second-order valence-electron chi connectivity index (χ2n) is 7.34. The van der Waals surface area contributed by atoms with E-state index in [0.29, 0.717) is 34.8 Å². The zero-order valence-corrected chi connectivity index (χ0v) is 19.9. The molecule has 1 aromatic carbocycles. The minimum absolute atomic E-state index is 0.162. The molecular weight excluding hydrogens is 469 g/mol. The second kappa shape index (κ2) is 10.7. The summed E-state index contributed by atoms with van der Waals surface area (Å²) in [4.78, 5) is 37.7. The van der Waals surface area contributed by atoms with Crippen molar-refractivity contribution in [1.82, 2.24) is 15.1 Å². The van der Waals surface area contributed by atoms with Crippen molar-refractivity contribution in [3.8, 4) is 16.9 Å². The van der Waals surface area contributed by atoms with Crippen molar-refractivity contribution in [2.75, 3.05) is 14.2 Å². The fraction of sp³-hybridized carbons (Fsp3) is 0.304. The van der Waals surface area contributed by atoms with Gasteiger partial charge < -0.3 is 14.8 Å². The van der Waals surface area contributed by atoms with Crippen LogP contribution in [0.1, 0.15) is 18.4 Å². The molecule has 1 aliphatic rings. The number of benzene rings is 1. The number of hydrogen-bond acceptors (Lipinski definition) is 6. The molecule has 0 aliphatic heterocycles. The number of ether oxygens (including phenoxy) is 2. The number of amides is 1. The Labute approximate surface area is 200 Å². The average molecular weight is 492 g/mol. The number of carbonyl (C=O) groups is 2. The Bertz CT molecular complexity index is 1190. The normalized spacial score (nSPS) is 14.4. The van der Waals surface area contributed by atoms with Crippen molar-refractivity contribution >= 4 is 35.1 Å². The summed E-state index contributed by atoms with van der Waals surface area (Å²) in [5, 5.41) is 7.23. The van der Waals surface area contributed by atoms with Crippen LogP contribution in [0.25, 0.3) is 11.1 Å². The molecule has 10 heteroatoms. The number of allylic oxidation sites excluding steroid dienone is 2. The lowest BCUT2D eigenvalue weighted by Gasteiger charge is -2.20. The average Bonchev–Trinajstić information content (AvgIpc) is 2.80. The Hall–Kier alpha value is -3.10. The molecule has 1 atom stereocenters. The smallest absolute Gasteiger partial charge is 0.328 e. The van der Waals surface area contributed by atoms with Gasteiger partial charge in [0.1, 0.15) is 6.04 Å². The summed E-state index contributed by atoms with van der Waals surface area (Å²) in [6, 6.07) is 6.04. The van der Waals surface area contributed by atoms with Crippen LogP contribution in [0.15, 0.2) is 57.0 Å². The first-order chi connectivity index (χ1) is 15.8. The first-order valence-electron chi connectivity index (χ1n) is 10.1. The highest BCUT2D eigenvalue weighted by atomic mass is 35.5. The molecule has 0 bridgehead atoms. The van der Waals surface area contributed by atoms with Gasteiger partial charge in [0, 0.05) is 18.5 Å². The summed E-state index contributed by atoms with van der Waals surface area (Å²) in [6.45, 7) is 0. The molecule has 0 radical (unpaired) electrons. The van der Waals surface area contributed by atoms with Gasteiger partial charge in [-0.3, -0.25) is 9.59 Å². The lowest BCUT2D eigenvalue weighted by molar-refractivity contribution is -0.144. The minimum atomic E-state index is -0.958. The highest BCUT2D eigenvalue weighted by Gasteiger charge is 2.27. The molecule has 0 saturated heterocycles. The van der Waals surface area contributed by atoms with Crippen LogP contribution in [-0.4, -0.2) is 41.9 Å². The van der Waals surface area contributed by atoms with Crippen LogP contribution in [-0.2, 0) is 27.8 Å². The molecule has 1 N–H and O–H groups in total. The van der Waals surface area contributed by atoms with Crippen LogP contribution in [0, 0.1) is 0 Å². The number of methoxy groups -OCH3 is 2. The van der Waals surface area contributed by atoms with Gasteiger partial charge in [-0.25, -0.2) is 9.48 Å². The molecular formula is C23H23Cl2N3O5. The topological polar surface area (TPSA) is 99.5 Å². The minimum Gasteiger partial charge on any atom is -0.494 e. The predicted octanol–water partition coefficient (Wildman–Crippen LogP) is 3.07. The van der Waals surface area contributed by atoms with Gasteiger partial charge in [0.2, 0.25) is 0 Å². The van der Waals surface area contributed by atoms with Crippen molar-refractivity contribution in [2.24, 2.45) is 7.05 Å². The van der Waals surface area contributed by atoms with Crippen LogP contribution in [0.2, 0.25) is 0 Å². The number of nitrogens with one attached hydrogen (secondary N) is 1. The summed E-state index contributed by atoms with van der Waals surface area (Å²) in [6.07, 6.45) is 4.50. The fourth-order valence-corrected chi connectivity index (χ4v) is 4.12. The lowest BCUT2D eigenvalue weighted by atomic mass is 10.00. The summed E-state index contributed by atoms with van der Waals surface area (Å²) in [5.74, 6) is -0.796. The van der Waals surface area contributed by atoms with Gasteiger partial charge in [-0.05, 0) is 24.0 Å². The van der Waals surface area contributed by atoms with Gasteiger partial charge in [0.15, 0.2) is 5.75 Å². The highest BCUT2D eigenvalue weighted by molar-refractivity contribution is 6.40. The summed E-state index contributed by atoms with van der Waals surface area (Å²) in [7, 11) is 4.27. The number of hydrogen-bond donors (Lipinski definition) is 1. The SMILES string of the molecule is COC(=O)C(Cc1ccc(-c2c(OC)cnn(C)c2=O)cc1)NC(=O)C1=C(Cl)CCC=C1Cl. The molecule has 8 nitrogen and oxygen atoms in total. The van der Waals surface area contributed by atoms with Crippen LogP contribution in [0.4, 0.5) is 0 Å². The van der Waals surface area contributed by atoms with E-state index in [2.05, 4.69) is 10.4 Å². The van der Waals surface area contributed by atoms with E-state index in [1.807, 2.05) is 0 Å². The second-order valence-corrected chi connectivity index (χ2v) is 8.20. The largest absolute Gasteiger partial charge is 0.494 e. The van der Waals surface area contributed by atoms with E-state index in [9.17, 15) is 14.4 Å². The first-order valence-corrected chi connectivity index (χ1v) is 10.8. The summed E-state index contributed by atoms with van der Waals surface area (Å²) in [5.41, 5.74) is 1.61. The number of esters is 1. The Balaban J connectivity index is 1.84. The molecule has 1 amide bonds. The third-order valence-corrected chi connectivity index (χ3v) is 5.94. The van der Waals surface area contributed by atoms with Gasteiger partial charge in [0.05, 0.1) is 36.6 Å². The summed E-state index contributed by atoms with van der Waals surface area (Å²) < 4.78 is 11.4. The zero-order chi connectivity index (χ0) is 24.1. The maximum absolute atomic E-state index is 12.8. The quantitative estimate of drug-likeness (QED) is 0.597. The standard InChI is InChI=1S/C23H23Cl2N3O5/c1-28-22(30)19(18(32-2)12-26-28)14-9-7-13(8-10-14)11-17(23(31)33-3)27-21(29)20-15(24)5-4-6-16(20)25/h5,7-10,12,17H,4,6,11H2,1-3H3,(H,27,29). The molecule has 0 fully saturated rings. The van der Waals surface area contributed by atoms with E-state index >= 15 is 0 Å². The van der Waals surface area contributed by atoms with Gasteiger partial charge in [-0.2, -0.15) is 5.10 Å². The number of halogens is 2. The fourth-order valence-electron chi connectivity index (χ4n) is 3.47. The van der Waals surface area contributed by atoms with Gasteiger partial charge in [0.25, 0.3) is 11.5 Å². The Kier molecular flexibility index (Phi) is 7.94. The number of nitrogens with zero attached hydrogens (tertiary/aromatic N) is 2. The number of aromatic nitrogens is 2. The first kappa shape index (κ1) is 24.5. The maximum atomic E-state index is 12.8. The Morgan fingerprint density at radius 2 is 1.91 bits per heavy atom. The van der Waals surface area contributed by atoms with Crippen molar-refractivity contribution in [3.63, 3.8) is 0 Å². The molecule has 1 aliphatic carbocycles. The molecule has 3 rings (SSSR count). The van der Waals surface area contributed by atoms with E-state index < -0.39 is 17.9 Å². The number of aryl methyl sites for hydroxylation is 1. The molecule has 0 saturated carbocycles. The molecule has 1 unspecified atom stereocenters.